The molecule has 4 rings (SSSR count). The van der Waals surface area contributed by atoms with Gasteiger partial charge in [0, 0.05) is 13.1 Å². The van der Waals surface area contributed by atoms with Crippen LogP contribution in [-0.4, -0.2) is 49.1 Å². The van der Waals surface area contributed by atoms with Crippen molar-refractivity contribution in [3.63, 3.8) is 0 Å². The van der Waals surface area contributed by atoms with Gasteiger partial charge in [0.2, 0.25) is 0 Å². The van der Waals surface area contributed by atoms with Crippen molar-refractivity contribution in [1.29, 1.82) is 0 Å². The smallest absolute Gasteiger partial charge is 0.263 e. The SMILES string of the molecule is CCN(CC)CCN(C(=O)c1ccccc1Oc1ccccc1)c1nc2ccc(OC)cc2s1.Cl. The number of rotatable bonds is 10. The minimum Gasteiger partial charge on any atom is -0.497 e. The number of ether oxygens (including phenoxy) is 2. The lowest BCUT2D eigenvalue weighted by Gasteiger charge is -2.25. The molecule has 1 aromatic heterocycles. The van der Waals surface area contributed by atoms with E-state index < -0.39 is 0 Å². The Morgan fingerprint density at radius 1 is 0.914 bits per heavy atom. The Kier molecular flexibility index (Phi) is 9.48. The first-order valence-corrected chi connectivity index (χ1v) is 12.2. The number of halogens is 1. The molecule has 0 radical (unpaired) electrons. The van der Waals surface area contributed by atoms with Gasteiger partial charge >= 0.3 is 0 Å². The topological polar surface area (TPSA) is 54.9 Å². The number of thiazole rings is 1. The number of anilines is 1. The van der Waals surface area contributed by atoms with E-state index in [0.29, 0.717) is 28.7 Å². The van der Waals surface area contributed by atoms with Gasteiger partial charge in [-0.2, -0.15) is 0 Å². The number of methoxy groups -OCH3 is 1. The Morgan fingerprint density at radius 2 is 1.63 bits per heavy atom. The largest absolute Gasteiger partial charge is 0.497 e. The van der Waals surface area contributed by atoms with Gasteiger partial charge in [-0.15, -0.1) is 12.4 Å². The van der Waals surface area contributed by atoms with Crippen LogP contribution in [0.15, 0.2) is 72.8 Å². The molecule has 1 amide bonds. The first kappa shape index (κ1) is 26.5. The fraction of sp³-hybridized carbons (Fsp3) is 0.259. The summed E-state index contributed by atoms with van der Waals surface area (Å²) in [4.78, 5) is 22.8. The van der Waals surface area contributed by atoms with Crippen LogP contribution in [-0.2, 0) is 0 Å². The second kappa shape index (κ2) is 12.5. The maximum absolute atomic E-state index is 13.9. The van der Waals surface area contributed by atoms with Crippen LogP contribution in [0.25, 0.3) is 10.2 Å². The number of carbonyl (C=O) groups excluding carboxylic acids is 1. The molecule has 0 aliphatic carbocycles. The highest BCUT2D eigenvalue weighted by atomic mass is 35.5. The lowest BCUT2D eigenvalue weighted by atomic mass is 10.1. The summed E-state index contributed by atoms with van der Waals surface area (Å²) in [7, 11) is 1.65. The van der Waals surface area contributed by atoms with Crippen LogP contribution in [0.1, 0.15) is 24.2 Å². The third-order valence-corrected chi connectivity index (χ3v) is 6.72. The summed E-state index contributed by atoms with van der Waals surface area (Å²) in [5.74, 6) is 1.84. The van der Waals surface area contributed by atoms with Crippen molar-refractivity contribution >= 4 is 45.0 Å². The van der Waals surface area contributed by atoms with Gasteiger partial charge in [0.25, 0.3) is 5.91 Å². The van der Waals surface area contributed by atoms with E-state index in [1.807, 2.05) is 66.7 Å². The van der Waals surface area contributed by atoms with Crippen molar-refractivity contribution in [3.8, 4) is 17.2 Å². The molecule has 4 aromatic rings. The molecule has 184 valence electrons. The molecular weight excluding hydrogens is 482 g/mol. The van der Waals surface area contributed by atoms with E-state index in [-0.39, 0.29) is 18.3 Å². The summed E-state index contributed by atoms with van der Waals surface area (Å²) in [6, 6.07) is 22.6. The van der Waals surface area contributed by atoms with Gasteiger partial charge in [0.05, 0.1) is 22.9 Å². The van der Waals surface area contributed by atoms with E-state index in [1.165, 1.54) is 11.3 Å². The summed E-state index contributed by atoms with van der Waals surface area (Å²) in [6.07, 6.45) is 0. The van der Waals surface area contributed by atoms with Crippen molar-refractivity contribution in [1.82, 2.24) is 9.88 Å². The third kappa shape index (κ3) is 6.31. The zero-order chi connectivity index (χ0) is 23.9. The number of aromatic nitrogens is 1. The Labute approximate surface area is 216 Å². The van der Waals surface area contributed by atoms with E-state index in [9.17, 15) is 4.79 Å². The zero-order valence-corrected chi connectivity index (χ0v) is 21.8. The van der Waals surface area contributed by atoms with Crippen LogP contribution >= 0.6 is 23.7 Å². The molecular formula is C27H30ClN3O3S. The quantitative estimate of drug-likeness (QED) is 0.243. The fourth-order valence-corrected chi connectivity index (χ4v) is 4.71. The van der Waals surface area contributed by atoms with Crippen LogP contribution in [0.3, 0.4) is 0 Å². The molecule has 0 saturated carbocycles. The van der Waals surface area contributed by atoms with Gasteiger partial charge in [0.15, 0.2) is 5.13 Å². The second-order valence-electron chi connectivity index (χ2n) is 7.73. The van der Waals surface area contributed by atoms with E-state index in [0.717, 1.165) is 35.6 Å². The van der Waals surface area contributed by atoms with Gasteiger partial charge in [-0.05, 0) is 55.6 Å². The molecule has 3 aromatic carbocycles. The zero-order valence-electron chi connectivity index (χ0n) is 20.1. The van der Waals surface area contributed by atoms with Crippen molar-refractivity contribution in [2.45, 2.75) is 13.8 Å². The third-order valence-electron chi connectivity index (χ3n) is 5.68. The summed E-state index contributed by atoms with van der Waals surface area (Å²) in [6.45, 7) is 7.37. The van der Waals surface area contributed by atoms with E-state index >= 15 is 0 Å². The summed E-state index contributed by atoms with van der Waals surface area (Å²) < 4.78 is 12.4. The van der Waals surface area contributed by atoms with Crippen LogP contribution in [0.2, 0.25) is 0 Å². The standard InChI is InChI=1S/C27H29N3O3S.ClH/c1-4-29(5-2)17-18-30(27-28-23-16-15-21(32-3)19-25(23)34-27)26(31)22-13-9-10-14-24(22)33-20-11-7-6-8-12-20;/h6-16,19H,4-5,17-18H2,1-3H3;1H. The lowest BCUT2D eigenvalue weighted by molar-refractivity contribution is 0.0981. The van der Waals surface area contributed by atoms with E-state index in [4.69, 9.17) is 14.5 Å². The second-order valence-corrected chi connectivity index (χ2v) is 8.73. The number of hydrogen-bond acceptors (Lipinski definition) is 6. The first-order chi connectivity index (χ1) is 16.6. The van der Waals surface area contributed by atoms with Crippen LogP contribution < -0.4 is 14.4 Å². The maximum Gasteiger partial charge on any atom is 0.263 e. The summed E-state index contributed by atoms with van der Waals surface area (Å²) in [5.41, 5.74) is 1.35. The minimum atomic E-state index is -0.135. The van der Waals surface area contributed by atoms with Crippen molar-refractivity contribution in [3.05, 3.63) is 78.4 Å². The number of benzene rings is 3. The molecule has 35 heavy (non-hydrogen) atoms. The van der Waals surface area contributed by atoms with Gasteiger partial charge < -0.3 is 14.4 Å². The van der Waals surface area contributed by atoms with Crippen molar-refractivity contribution < 1.29 is 14.3 Å². The summed E-state index contributed by atoms with van der Waals surface area (Å²) >= 11 is 1.49. The highest BCUT2D eigenvalue weighted by Crippen LogP contribution is 2.34. The highest BCUT2D eigenvalue weighted by molar-refractivity contribution is 7.22. The van der Waals surface area contributed by atoms with Gasteiger partial charge in [-0.25, -0.2) is 4.98 Å². The monoisotopic (exact) mass is 511 g/mol. The predicted octanol–water partition coefficient (Wildman–Crippen LogP) is 6.51. The number of carbonyl (C=O) groups is 1. The minimum absolute atomic E-state index is 0. The Balaban J connectivity index is 0.00000342. The molecule has 0 fully saturated rings. The molecule has 1 heterocycles. The fourth-order valence-electron chi connectivity index (χ4n) is 3.69. The first-order valence-electron chi connectivity index (χ1n) is 11.4. The molecule has 0 aliphatic heterocycles. The van der Waals surface area contributed by atoms with Gasteiger partial charge in [-0.3, -0.25) is 9.69 Å². The number of para-hydroxylation sites is 2. The number of nitrogens with zero attached hydrogens (tertiary/aromatic N) is 3. The van der Waals surface area contributed by atoms with Crippen LogP contribution in [0.4, 0.5) is 5.13 Å². The Bertz CT molecular complexity index is 1240. The molecule has 0 unspecified atom stereocenters. The Hall–Kier alpha value is -3.13. The maximum atomic E-state index is 13.9. The molecule has 0 spiro atoms. The van der Waals surface area contributed by atoms with E-state index in [1.54, 1.807) is 18.1 Å². The number of fused-ring (bicyclic) bond motifs is 1. The van der Waals surface area contributed by atoms with E-state index in [2.05, 4.69) is 18.7 Å². The van der Waals surface area contributed by atoms with Crippen LogP contribution in [0, 0.1) is 0 Å². The molecule has 0 aliphatic rings. The molecule has 8 heteroatoms. The average molecular weight is 512 g/mol. The molecule has 0 N–H and O–H groups in total. The Morgan fingerprint density at radius 3 is 2.34 bits per heavy atom. The number of hydrogen-bond donors (Lipinski definition) is 0. The number of likely N-dealkylation sites (N-methyl/N-ethyl adjacent to an activating group) is 1. The predicted molar refractivity (Wildman–Crippen MR) is 146 cm³/mol. The van der Waals surface area contributed by atoms with Gasteiger partial charge in [0.1, 0.15) is 17.2 Å². The normalized spacial score (nSPS) is 10.7. The summed E-state index contributed by atoms with van der Waals surface area (Å²) in [5, 5.41) is 0.662. The van der Waals surface area contributed by atoms with Crippen LogP contribution in [0.5, 0.6) is 17.2 Å². The lowest BCUT2D eigenvalue weighted by Crippen LogP contribution is -2.39. The number of amides is 1. The van der Waals surface area contributed by atoms with Gasteiger partial charge in [-0.1, -0.05) is 55.5 Å². The highest BCUT2D eigenvalue weighted by Gasteiger charge is 2.25. The van der Waals surface area contributed by atoms with Crippen molar-refractivity contribution in [2.75, 3.05) is 38.2 Å². The average Bonchev–Trinajstić information content (AvgIpc) is 3.30. The molecule has 6 nitrogen and oxygen atoms in total. The molecule has 0 atom stereocenters. The molecule has 0 bridgehead atoms. The van der Waals surface area contributed by atoms with Crippen molar-refractivity contribution in [2.24, 2.45) is 0 Å². The molecule has 0 saturated heterocycles.